The highest BCUT2D eigenvalue weighted by molar-refractivity contribution is 7.99. The van der Waals surface area contributed by atoms with E-state index in [-0.39, 0.29) is 35.0 Å². The normalized spacial score (nSPS) is 15.2. The first-order valence-corrected chi connectivity index (χ1v) is 12.6. The van der Waals surface area contributed by atoms with Crippen molar-refractivity contribution in [2.24, 2.45) is 0 Å². The molecule has 1 heterocycles. The molecular formula is C21H24F3N3O3S2. The third-order valence-electron chi connectivity index (χ3n) is 5.04. The van der Waals surface area contributed by atoms with Crippen LogP contribution in [-0.4, -0.2) is 62.9 Å². The average molecular weight is 488 g/mol. The van der Waals surface area contributed by atoms with Crippen molar-refractivity contribution < 1.29 is 26.4 Å². The standard InChI is InChI=1S/C21H24F3N3O3S2/c22-16-6-8-17(9-7-16)26-11-13-27(14-12-26)32(29,30)15-3-10-25-20(28)18-4-1-2-5-19(18)31-21(23)24/h1-2,4-9,21H,3,10-15H2,(H,25,28). The van der Waals surface area contributed by atoms with Gasteiger partial charge in [0.15, 0.2) is 0 Å². The van der Waals surface area contributed by atoms with Gasteiger partial charge in [0.1, 0.15) is 5.82 Å². The number of halogens is 3. The lowest BCUT2D eigenvalue weighted by Gasteiger charge is -2.35. The first-order valence-electron chi connectivity index (χ1n) is 10.1. The molecule has 0 aliphatic carbocycles. The zero-order valence-electron chi connectivity index (χ0n) is 17.2. The van der Waals surface area contributed by atoms with E-state index < -0.39 is 21.7 Å². The molecule has 3 rings (SSSR count). The summed E-state index contributed by atoms with van der Waals surface area (Å²) in [5.41, 5.74) is 0.981. The van der Waals surface area contributed by atoms with Crippen molar-refractivity contribution in [3.8, 4) is 0 Å². The second-order valence-electron chi connectivity index (χ2n) is 7.16. The summed E-state index contributed by atoms with van der Waals surface area (Å²) in [4.78, 5) is 14.5. The maximum absolute atomic E-state index is 13.1. The number of hydrogen-bond donors (Lipinski definition) is 1. The van der Waals surface area contributed by atoms with Gasteiger partial charge in [0.25, 0.3) is 11.7 Å². The number of benzene rings is 2. The Bertz CT molecular complexity index is 1010. The van der Waals surface area contributed by atoms with Crippen molar-refractivity contribution in [2.45, 2.75) is 17.1 Å². The van der Waals surface area contributed by atoms with Gasteiger partial charge < -0.3 is 10.2 Å². The summed E-state index contributed by atoms with van der Waals surface area (Å²) in [5.74, 6) is -3.60. The highest BCUT2D eigenvalue weighted by Gasteiger charge is 2.26. The molecule has 6 nitrogen and oxygen atoms in total. The van der Waals surface area contributed by atoms with Crippen LogP contribution in [0.1, 0.15) is 16.8 Å². The molecule has 32 heavy (non-hydrogen) atoms. The summed E-state index contributed by atoms with van der Waals surface area (Å²) in [6, 6.07) is 12.1. The molecule has 0 radical (unpaired) electrons. The van der Waals surface area contributed by atoms with Crippen LogP contribution < -0.4 is 10.2 Å². The minimum atomic E-state index is -3.49. The summed E-state index contributed by atoms with van der Waals surface area (Å²) in [7, 11) is -3.49. The molecule has 1 aliphatic heterocycles. The lowest BCUT2D eigenvalue weighted by atomic mass is 10.2. The number of thioether (sulfide) groups is 1. The number of anilines is 1. The fourth-order valence-electron chi connectivity index (χ4n) is 3.41. The van der Waals surface area contributed by atoms with Crippen molar-refractivity contribution in [1.29, 1.82) is 0 Å². The average Bonchev–Trinajstić information content (AvgIpc) is 2.77. The van der Waals surface area contributed by atoms with Crippen molar-refractivity contribution >= 4 is 33.4 Å². The summed E-state index contributed by atoms with van der Waals surface area (Å²) in [5, 5.41) is 2.60. The van der Waals surface area contributed by atoms with E-state index in [9.17, 15) is 26.4 Å². The molecule has 1 N–H and O–H groups in total. The highest BCUT2D eigenvalue weighted by atomic mass is 32.2. The highest BCUT2D eigenvalue weighted by Crippen LogP contribution is 2.28. The van der Waals surface area contributed by atoms with Gasteiger partial charge in [-0.05, 0) is 42.8 Å². The minimum Gasteiger partial charge on any atom is -0.369 e. The van der Waals surface area contributed by atoms with E-state index in [1.165, 1.54) is 28.6 Å². The van der Waals surface area contributed by atoms with Gasteiger partial charge in [-0.2, -0.15) is 13.1 Å². The van der Waals surface area contributed by atoms with Crippen LogP contribution in [0.25, 0.3) is 0 Å². The topological polar surface area (TPSA) is 69.7 Å². The van der Waals surface area contributed by atoms with Crippen LogP contribution in [0.4, 0.5) is 18.9 Å². The van der Waals surface area contributed by atoms with Gasteiger partial charge in [0.2, 0.25) is 10.0 Å². The van der Waals surface area contributed by atoms with Gasteiger partial charge >= 0.3 is 0 Å². The third-order valence-corrected chi connectivity index (χ3v) is 7.78. The SMILES string of the molecule is O=C(NCCCS(=O)(=O)N1CCN(c2ccc(F)cc2)CC1)c1ccccc1SC(F)F. The van der Waals surface area contributed by atoms with Gasteiger partial charge in [0.05, 0.1) is 11.3 Å². The Balaban J connectivity index is 1.45. The molecule has 2 aromatic carbocycles. The van der Waals surface area contributed by atoms with Crippen molar-refractivity contribution in [2.75, 3.05) is 43.4 Å². The van der Waals surface area contributed by atoms with Crippen molar-refractivity contribution in [3.05, 3.63) is 59.9 Å². The van der Waals surface area contributed by atoms with E-state index in [4.69, 9.17) is 0 Å². The van der Waals surface area contributed by atoms with E-state index >= 15 is 0 Å². The molecule has 2 aromatic rings. The number of amides is 1. The van der Waals surface area contributed by atoms with E-state index in [0.29, 0.717) is 37.9 Å². The molecule has 0 aromatic heterocycles. The molecule has 1 aliphatic rings. The smallest absolute Gasteiger partial charge is 0.288 e. The number of carbonyl (C=O) groups is 1. The molecule has 0 unspecified atom stereocenters. The lowest BCUT2D eigenvalue weighted by molar-refractivity contribution is 0.0950. The Labute approximate surface area is 189 Å². The van der Waals surface area contributed by atoms with Crippen LogP contribution in [-0.2, 0) is 10.0 Å². The quantitative estimate of drug-likeness (QED) is 0.434. The summed E-state index contributed by atoms with van der Waals surface area (Å²) < 4.78 is 65.1. The number of alkyl halides is 2. The monoisotopic (exact) mass is 487 g/mol. The first kappa shape index (κ1) is 24.4. The van der Waals surface area contributed by atoms with E-state index in [1.54, 1.807) is 24.3 Å². The fourth-order valence-corrected chi connectivity index (χ4v) is 5.53. The minimum absolute atomic E-state index is 0.112. The molecular weight excluding hydrogens is 463 g/mol. The summed E-state index contributed by atoms with van der Waals surface area (Å²) in [6.07, 6.45) is 0.205. The van der Waals surface area contributed by atoms with Crippen LogP contribution in [0.5, 0.6) is 0 Å². The third kappa shape index (κ3) is 6.63. The van der Waals surface area contributed by atoms with Crippen LogP contribution in [0.15, 0.2) is 53.4 Å². The van der Waals surface area contributed by atoms with Gasteiger partial charge in [-0.15, -0.1) is 0 Å². The molecule has 0 bridgehead atoms. The molecule has 1 amide bonds. The predicted molar refractivity (Wildman–Crippen MR) is 119 cm³/mol. The van der Waals surface area contributed by atoms with Gasteiger partial charge in [-0.3, -0.25) is 4.79 Å². The number of hydrogen-bond acceptors (Lipinski definition) is 5. The van der Waals surface area contributed by atoms with Crippen LogP contribution in [0, 0.1) is 5.82 Å². The zero-order valence-corrected chi connectivity index (χ0v) is 18.8. The van der Waals surface area contributed by atoms with Gasteiger partial charge in [-0.1, -0.05) is 23.9 Å². The number of piperazine rings is 1. The van der Waals surface area contributed by atoms with Gasteiger partial charge in [0, 0.05) is 43.3 Å². The molecule has 11 heteroatoms. The predicted octanol–water partition coefficient (Wildman–Crippen LogP) is 3.41. The molecule has 0 atom stereocenters. The van der Waals surface area contributed by atoms with Crippen molar-refractivity contribution in [3.63, 3.8) is 0 Å². The van der Waals surface area contributed by atoms with Crippen LogP contribution >= 0.6 is 11.8 Å². The molecule has 1 saturated heterocycles. The first-order chi connectivity index (χ1) is 15.3. The number of sulfonamides is 1. The van der Waals surface area contributed by atoms with Crippen molar-refractivity contribution in [1.82, 2.24) is 9.62 Å². The van der Waals surface area contributed by atoms with Crippen LogP contribution in [0.3, 0.4) is 0 Å². The maximum Gasteiger partial charge on any atom is 0.288 e. The number of nitrogens with zero attached hydrogens (tertiary/aromatic N) is 2. The molecule has 174 valence electrons. The lowest BCUT2D eigenvalue weighted by Crippen LogP contribution is -2.49. The van der Waals surface area contributed by atoms with Gasteiger partial charge in [-0.25, -0.2) is 12.8 Å². The number of rotatable bonds is 9. The van der Waals surface area contributed by atoms with E-state index in [0.717, 1.165) is 5.69 Å². The molecule has 0 spiro atoms. The number of nitrogens with one attached hydrogen (secondary N) is 1. The summed E-state index contributed by atoms with van der Waals surface area (Å²) >= 11 is 0.296. The Morgan fingerprint density at radius 1 is 1.03 bits per heavy atom. The Hall–Kier alpha value is -2.24. The van der Waals surface area contributed by atoms with Crippen LogP contribution in [0.2, 0.25) is 0 Å². The molecule has 1 fully saturated rings. The maximum atomic E-state index is 13.1. The zero-order chi connectivity index (χ0) is 23.1. The Morgan fingerprint density at radius 2 is 1.69 bits per heavy atom. The number of carbonyl (C=O) groups excluding carboxylic acids is 1. The summed E-state index contributed by atoms with van der Waals surface area (Å²) in [6.45, 7) is 1.76. The Morgan fingerprint density at radius 3 is 2.34 bits per heavy atom. The largest absolute Gasteiger partial charge is 0.369 e. The molecule has 0 saturated carbocycles. The van der Waals surface area contributed by atoms with E-state index in [2.05, 4.69) is 5.32 Å². The van der Waals surface area contributed by atoms with E-state index in [1.807, 2.05) is 4.90 Å². The second kappa shape index (κ2) is 11.1. The Kier molecular flexibility index (Phi) is 8.44. The fraction of sp³-hybridized carbons (Fsp3) is 0.381. The second-order valence-corrected chi connectivity index (χ2v) is 10.3.